The fraction of sp³-hybridized carbons (Fsp3) is 0.0851. The van der Waals surface area contributed by atoms with Gasteiger partial charge >= 0.3 is 0 Å². The van der Waals surface area contributed by atoms with Gasteiger partial charge in [0.15, 0.2) is 11.7 Å². The maximum atomic E-state index is 6.38. The second-order valence-corrected chi connectivity index (χ2v) is 13.8. The number of benzene rings is 7. The molecule has 1 aliphatic carbocycles. The molecular formula is C47H36N4O. The summed E-state index contributed by atoms with van der Waals surface area (Å²) in [6, 6.07) is 52.3. The van der Waals surface area contributed by atoms with Crippen LogP contribution in [0.4, 0.5) is 11.4 Å². The highest BCUT2D eigenvalue weighted by Gasteiger charge is 2.37. The molecule has 0 spiro atoms. The number of aliphatic imine (C=N–C) groups is 2. The first kappa shape index (κ1) is 31.4. The SMILES string of the molecule is C=N/C(=N\C(=N/N(c1ccccc1C)c1cccc2ccccc12)c1cccc2oc3ccccc3c12)c1cccc2c1-c1ccccc1C2(C)C. The maximum absolute atomic E-state index is 6.38. The van der Waals surface area contributed by atoms with Gasteiger partial charge in [0.2, 0.25) is 0 Å². The summed E-state index contributed by atoms with van der Waals surface area (Å²) in [5.74, 6) is 0.981. The Morgan fingerprint density at radius 2 is 1.23 bits per heavy atom. The van der Waals surface area contributed by atoms with Gasteiger partial charge in [0.1, 0.15) is 11.2 Å². The molecule has 7 aromatic carbocycles. The summed E-state index contributed by atoms with van der Waals surface area (Å²) in [6.45, 7) is 10.8. The molecule has 0 bridgehead atoms. The molecule has 5 heteroatoms. The monoisotopic (exact) mass is 672 g/mol. The zero-order valence-corrected chi connectivity index (χ0v) is 29.3. The first-order chi connectivity index (χ1) is 25.4. The van der Waals surface area contributed by atoms with Crippen LogP contribution in [0.15, 0.2) is 171 Å². The van der Waals surface area contributed by atoms with Crippen molar-refractivity contribution in [3.63, 3.8) is 0 Å². The number of nitrogens with zero attached hydrogens (tertiary/aromatic N) is 4. The average molecular weight is 673 g/mol. The Bertz CT molecular complexity index is 2760. The Balaban J connectivity index is 1.37. The van der Waals surface area contributed by atoms with Crippen LogP contribution in [-0.4, -0.2) is 18.4 Å². The van der Waals surface area contributed by atoms with E-state index in [1.807, 2.05) is 41.4 Å². The van der Waals surface area contributed by atoms with E-state index in [-0.39, 0.29) is 5.41 Å². The van der Waals surface area contributed by atoms with E-state index in [1.54, 1.807) is 0 Å². The number of anilines is 2. The molecule has 52 heavy (non-hydrogen) atoms. The van der Waals surface area contributed by atoms with E-state index in [0.717, 1.165) is 66.3 Å². The molecule has 5 nitrogen and oxygen atoms in total. The summed E-state index contributed by atoms with van der Waals surface area (Å²) in [6.07, 6.45) is 0. The van der Waals surface area contributed by atoms with E-state index in [2.05, 4.69) is 148 Å². The van der Waals surface area contributed by atoms with Crippen molar-refractivity contribution >= 4 is 62.5 Å². The topological polar surface area (TPSA) is 53.5 Å². The summed E-state index contributed by atoms with van der Waals surface area (Å²) >= 11 is 0. The van der Waals surface area contributed by atoms with Gasteiger partial charge in [-0.2, -0.15) is 0 Å². The van der Waals surface area contributed by atoms with E-state index in [1.165, 1.54) is 16.7 Å². The van der Waals surface area contributed by atoms with Crippen molar-refractivity contribution in [2.75, 3.05) is 5.01 Å². The van der Waals surface area contributed by atoms with Crippen LogP contribution in [0.3, 0.4) is 0 Å². The number of para-hydroxylation sites is 2. The molecule has 1 aliphatic rings. The van der Waals surface area contributed by atoms with Crippen LogP contribution in [0.2, 0.25) is 0 Å². The van der Waals surface area contributed by atoms with Crippen LogP contribution in [0.1, 0.15) is 41.7 Å². The lowest BCUT2D eigenvalue weighted by Crippen LogP contribution is -2.17. The van der Waals surface area contributed by atoms with Crippen molar-refractivity contribution in [1.29, 1.82) is 0 Å². The minimum absolute atomic E-state index is 0.178. The van der Waals surface area contributed by atoms with Crippen LogP contribution in [0, 0.1) is 6.92 Å². The Hall–Kier alpha value is -6.59. The molecule has 9 rings (SSSR count). The van der Waals surface area contributed by atoms with Gasteiger partial charge in [-0.3, -0.25) is 0 Å². The van der Waals surface area contributed by atoms with Crippen molar-refractivity contribution < 1.29 is 4.42 Å². The largest absolute Gasteiger partial charge is 0.456 e. The molecule has 0 radical (unpaired) electrons. The number of fused-ring (bicyclic) bond motifs is 7. The number of hydrogen-bond acceptors (Lipinski definition) is 3. The minimum atomic E-state index is -0.178. The van der Waals surface area contributed by atoms with Gasteiger partial charge < -0.3 is 4.42 Å². The van der Waals surface area contributed by atoms with Crippen molar-refractivity contribution in [1.82, 2.24) is 0 Å². The number of hydrogen-bond donors (Lipinski definition) is 0. The fourth-order valence-corrected chi connectivity index (χ4v) is 7.85. The van der Waals surface area contributed by atoms with Crippen LogP contribution < -0.4 is 5.01 Å². The summed E-state index contributed by atoms with van der Waals surface area (Å²) < 4.78 is 6.38. The predicted octanol–water partition coefficient (Wildman–Crippen LogP) is 12.0. The molecule has 1 aromatic heterocycles. The molecule has 250 valence electrons. The third kappa shape index (κ3) is 4.96. The highest BCUT2D eigenvalue weighted by molar-refractivity contribution is 6.22. The first-order valence-corrected chi connectivity index (χ1v) is 17.6. The molecule has 0 atom stereocenters. The number of hydrazone groups is 1. The normalized spacial score (nSPS) is 13.8. The summed E-state index contributed by atoms with van der Waals surface area (Å²) in [4.78, 5) is 10.1. The fourth-order valence-electron chi connectivity index (χ4n) is 7.85. The summed E-state index contributed by atoms with van der Waals surface area (Å²) in [7, 11) is 0. The standard InChI is InChI=1S/C47H36N4O/c1-30-16-5-11-26-39(30)51(40-27-13-18-31-17-6-7-19-32(31)40)50-46(36-23-15-29-42-44(36)34-21-9-12-28-41(34)52-42)49-45(48-4)35-22-14-25-38-43(35)33-20-8-10-24-37(33)47(38,2)3/h5-29H,4H2,1-3H3/b49-45-,50-46-. The molecule has 8 aromatic rings. The number of amidine groups is 2. The molecular weight excluding hydrogens is 637 g/mol. The number of aryl methyl sites for hydroxylation is 1. The van der Waals surface area contributed by atoms with Crippen LogP contribution in [-0.2, 0) is 5.41 Å². The van der Waals surface area contributed by atoms with E-state index in [9.17, 15) is 0 Å². The van der Waals surface area contributed by atoms with Gasteiger partial charge in [-0.05, 0) is 71.1 Å². The highest BCUT2D eigenvalue weighted by Crippen LogP contribution is 2.50. The van der Waals surface area contributed by atoms with Gasteiger partial charge in [-0.15, -0.1) is 5.10 Å². The molecule has 1 heterocycles. The Morgan fingerprint density at radius 3 is 2.10 bits per heavy atom. The number of rotatable bonds is 5. The highest BCUT2D eigenvalue weighted by atomic mass is 16.3. The van der Waals surface area contributed by atoms with Crippen LogP contribution in [0.5, 0.6) is 0 Å². The Kier molecular flexibility index (Phi) is 7.44. The Morgan fingerprint density at radius 1 is 0.596 bits per heavy atom. The summed E-state index contributed by atoms with van der Waals surface area (Å²) in [5, 5.41) is 11.7. The lowest BCUT2D eigenvalue weighted by Gasteiger charge is -2.24. The van der Waals surface area contributed by atoms with Gasteiger partial charge in [0, 0.05) is 32.7 Å². The van der Waals surface area contributed by atoms with Crippen molar-refractivity contribution in [3.05, 3.63) is 179 Å². The quantitative estimate of drug-likeness (QED) is 0.104. The second-order valence-electron chi connectivity index (χ2n) is 13.8. The van der Waals surface area contributed by atoms with E-state index < -0.39 is 0 Å². The lowest BCUT2D eigenvalue weighted by molar-refractivity contribution is 0.660. The van der Waals surface area contributed by atoms with Crippen molar-refractivity contribution in [2.24, 2.45) is 15.1 Å². The smallest absolute Gasteiger partial charge is 0.182 e. The second kappa shape index (κ2) is 12.3. The van der Waals surface area contributed by atoms with Gasteiger partial charge in [-0.1, -0.05) is 141 Å². The minimum Gasteiger partial charge on any atom is -0.456 e. The maximum Gasteiger partial charge on any atom is 0.182 e. The third-order valence-corrected chi connectivity index (χ3v) is 10.4. The number of furan rings is 1. The zero-order chi connectivity index (χ0) is 35.4. The van der Waals surface area contributed by atoms with Crippen LogP contribution >= 0.6 is 0 Å². The zero-order valence-electron chi connectivity index (χ0n) is 29.3. The summed E-state index contributed by atoms with van der Waals surface area (Å²) in [5.41, 5.74) is 10.9. The molecule has 0 fully saturated rings. The lowest BCUT2D eigenvalue weighted by atomic mass is 9.82. The molecule has 0 amide bonds. The third-order valence-electron chi connectivity index (χ3n) is 10.4. The predicted molar refractivity (Wildman–Crippen MR) is 218 cm³/mol. The van der Waals surface area contributed by atoms with Crippen molar-refractivity contribution in [3.8, 4) is 11.1 Å². The van der Waals surface area contributed by atoms with E-state index in [0.29, 0.717) is 11.7 Å². The van der Waals surface area contributed by atoms with Gasteiger partial charge in [0.05, 0.1) is 11.4 Å². The van der Waals surface area contributed by atoms with Gasteiger partial charge in [0.25, 0.3) is 0 Å². The van der Waals surface area contributed by atoms with Gasteiger partial charge in [-0.25, -0.2) is 15.0 Å². The Labute approximate surface area is 302 Å². The van der Waals surface area contributed by atoms with Crippen LogP contribution in [0.25, 0.3) is 43.8 Å². The van der Waals surface area contributed by atoms with E-state index >= 15 is 0 Å². The molecule has 0 unspecified atom stereocenters. The molecule has 0 aliphatic heterocycles. The average Bonchev–Trinajstić information content (AvgIpc) is 3.68. The molecule has 0 saturated heterocycles. The first-order valence-electron chi connectivity index (χ1n) is 17.6. The van der Waals surface area contributed by atoms with Crippen molar-refractivity contribution in [2.45, 2.75) is 26.2 Å². The molecule has 0 N–H and O–H groups in total. The molecule has 0 saturated carbocycles. The van der Waals surface area contributed by atoms with E-state index in [4.69, 9.17) is 14.5 Å².